The minimum atomic E-state index is 0.699. The molecule has 0 atom stereocenters. The molecule has 0 fully saturated rings. The molecule has 0 N–H and O–H groups in total. The van der Waals surface area contributed by atoms with E-state index in [1.807, 2.05) is 6.20 Å². The number of hydrogen-bond acceptors (Lipinski definition) is 1. The van der Waals surface area contributed by atoms with Crippen LogP contribution in [0.3, 0.4) is 0 Å². The van der Waals surface area contributed by atoms with Gasteiger partial charge in [0.15, 0.2) is 0 Å². The molecule has 0 saturated carbocycles. The van der Waals surface area contributed by atoms with Gasteiger partial charge in [-0.2, -0.15) is 0 Å². The molecule has 0 bridgehead atoms. The van der Waals surface area contributed by atoms with Gasteiger partial charge in [-0.25, -0.2) is 4.98 Å². The summed E-state index contributed by atoms with van der Waals surface area (Å²) in [5.74, 6) is 1.98. The molecule has 1 rings (SSSR count). The summed E-state index contributed by atoms with van der Waals surface area (Å²) >= 11 is 0. The Balaban J connectivity index is 1.88. The number of unbranched alkanes of at least 4 members (excludes halogenated alkanes) is 12. The highest BCUT2D eigenvalue weighted by molar-refractivity contribution is 4.92. The Morgan fingerprint density at radius 1 is 0.792 bits per heavy atom. The molecule has 1 aromatic rings. The molecule has 0 unspecified atom stereocenters. The fraction of sp³-hybridized carbons (Fsp3) is 0.864. The van der Waals surface area contributed by atoms with Crippen LogP contribution in [-0.4, -0.2) is 9.55 Å². The van der Waals surface area contributed by atoms with Crippen molar-refractivity contribution in [3.63, 3.8) is 0 Å². The molecule has 0 aliphatic heterocycles. The van der Waals surface area contributed by atoms with Gasteiger partial charge < -0.3 is 4.57 Å². The summed E-state index contributed by atoms with van der Waals surface area (Å²) in [6.45, 7) is 7.94. The standard InChI is InChI=1S/C22H42N2/c1-4-5-6-7-8-9-10-11-12-13-14-15-16-17-22-23-18-19-24(22)20-21(2)3/h18-19,21H,4-17,20H2,1-3H3. The van der Waals surface area contributed by atoms with E-state index in [2.05, 4.69) is 36.5 Å². The van der Waals surface area contributed by atoms with Gasteiger partial charge in [0, 0.05) is 25.4 Å². The van der Waals surface area contributed by atoms with Crippen molar-refractivity contribution in [3.8, 4) is 0 Å². The van der Waals surface area contributed by atoms with Crippen molar-refractivity contribution < 1.29 is 0 Å². The molecular formula is C22H42N2. The Morgan fingerprint density at radius 3 is 1.79 bits per heavy atom. The van der Waals surface area contributed by atoms with Crippen LogP contribution in [0.25, 0.3) is 0 Å². The minimum absolute atomic E-state index is 0.699. The zero-order valence-electron chi connectivity index (χ0n) is 16.7. The number of nitrogens with zero attached hydrogens (tertiary/aromatic N) is 2. The Morgan fingerprint density at radius 2 is 1.29 bits per heavy atom. The smallest absolute Gasteiger partial charge is 0.108 e. The van der Waals surface area contributed by atoms with Crippen LogP contribution in [0.4, 0.5) is 0 Å². The van der Waals surface area contributed by atoms with Crippen LogP contribution in [0.1, 0.15) is 110 Å². The largest absolute Gasteiger partial charge is 0.335 e. The fourth-order valence-electron chi connectivity index (χ4n) is 3.43. The number of aryl methyl sites for hydroxylation is 1. The Bertz CT molecular complexity index is 381. The van der Waals surface area contributed by atoms with E-state index in [1.54, 1.807) is 0 Å². The van der Waals surface area contributed by atoms with Gasteiger partial charge in [0.2, 0.25) is 0 Å². The van der Waals surface area contributed by atoms with E-state index in [9.17, 15) is 0 Å². The van der Waals surface area contributed by atoms with Crippen LogP contribution in [0.15, 0.2) is 12.4 Å². The maximum atomic E-state index is 4.53. The molecule has 0 amide bonds. The summed E-state index contributed by atoms with van der Waals surface area (Å²) in [6.07, 6.45) is 23.7. The van der Waals surface area contributed by atoms with Crippen molar-refractivity contribution in [2.24, 2.45) is 5.92 Å². The zero-order valence-corrected chi connectivity index (χ0v) is 16.7. The van der Waals surface area contributed by atoms with Crippen molar-refractivity contribution >= 4 is 0 Å². The van der Waals surface area contributed by atoms with Crippen molar-refractivity contribution in [3.05, 3.63) is 18.2 Å². The van der Waals surface area contributed by atoms with Gasteiger partial charge in [0.1, 0.15) is 5.82 Å². The monoisotopic (exact) mass is 334 g/mol. The predicted octanol–water partition coefficient (Wildman–Crippen LogP) is 7.17. The van der Waals surface area contributed by atoms with Crippen molar-refractivity contribution in [1.82, 2.24) is 9.55 Å². The lowest BCUT2D eigenvalue weighted by atomic mass is 10.0. The molecular weight excluding hydrogens is 292 g/mol. The van der Waals surface area contributed by atoms with Gasteiger partial charge in [-0.15, -0.1) is 0 Å². The SMILES string of the molecule is CCCCCCCCCCCCCCCc1nccn1CC(C)C. The quantitative estimate of drug-likeness (QED) is 0.293. The average molecular weight is 335 g/mol. The van der Waals surface area contributed by atoms with Crippen LogP contribution >= 0.6 is 0 Å². The fourth-order valence-corrected chi connectivity index (χ4v) is 3.43. The van der Waals surface area contributed by atoms with E-state index in [-0.39, 0.29) is 0 Å². The first-order valence-corrected chi connectivity index (χ1v) is 10.7. The third-order valence-electron chi connectivity index (χ3n) is 4.87. The molecule has 24 heavy (non-hydrogen) atoms. The summed E-state index contributed by atoms with van der Waals surface area (Å²) in [7, 11) is 0. The second-order valence-electron chi connectivity index (χ2n) is 7.88. The maximum absolute atomic E-state index is 4.53. The third-order valence-corrected chi connectivity index (χ3v) is 4.87. The van der Waals surface area contributed by atoms with Gasteiger partial charge in [-0.1, -0.05) is 97.8 Å². The predicted molar refractivity (Wildman–Crippen MR) is 106 cm³/mol. The maximum Gasteiger partial charge on any atom is 0.108 e. The molecule has 0 spiro atoms. The first kappa shape index (κ1) is 21.3. The van der Waals surface area contributed by atoms with E-state index >= 15 is 0 Å². The van der Waals surface area contributed by atoms with E-state index in [1.165, 1.54) is 89.3 Å². The van der Waals surface area contributed by atoms with Gasteiger partial charge in [0.25, 0.3) is 0 Å². The second-order valence-corrected chi connectivity index (χ2v) is 7.88. The lowest BCUT2D eigenvalue weighted by Gasteiger charge is -2.10. The van der Waals surface area contributed by atoms with Crippen LogP contribution in [0.5, 0.6) is 0 Å². The van der Waals surface area contributed by atoms with Gasteiger partial charge in [-0.05, 0) is 12.3 Å². The van der Waals surface area contributed by atoms with Gasteiger partial charge >= 0.3 is 0 Å². The molecule has 2 heteroatoms. The highest BCUT2D eigenvalue weighted by atomic mass is 15.1. The first-order chi connectivity index (χ1) is 11.7. The average Bonchev–Trinajstić information content (AvgIpc) is 2.98. The molecule has 0 saturated heterocycles. The van der Waals surface area contributed by atoms with Crippen molar-refractivity contribution in [1.29, 1.82) is 0 Å². The Labute approximate surface area is 151 Å². The molecule has 0 aliphatic carbocycles. The minimum Gasteiger partial charge on any atom is -0.335 e. The Hall–Kier alpha value is -0.790. The summed E-state index contributed by atoms with van der Waals surface area (Å²) in [6, 6.07) is 0. The normalized spacial score (nSPS) is 11.5. The van der Waals surface area contributed by atoms with E-state index in [4.69, 9.17) is 0 Å². The molecule has 0 aromatic carbocycles. The highest BCUT2D eigenvalue weighted by Crippen LogP contribution is 2.13. The summed E-state index contributed by atoms with van der Waals surface area (Å²) in [5, 5.41) is 0. The van der Waals surface area contributed by atoms with E-state index in [0.717, 1.165) is 13.0 Å². The zero-order chi connectivity index (χ0) is 17.5. The third kappa shape index (κ3) is 10.9. The number of hydrogen-bond donors (Lipinski definition) is 0. The van der Waals surface area contributed by atoms with Crippen LogP contribution in [-0.2, 0) is 13.0 Å². The molecule has 2 nitrogen and oxygen atoms in total. The van der Waals surface area contributed by atoms with Gasteiger partial charge in [0.05, 0.1) is 0 Å². The van der Waals surface area contributed by atoms with Crippen molar-refractivity contribution in [2.75, 3.05) is 0 Å². The first-order valence-electron chi connectivity index (χ1n) is 10.7. The second kappa shape index (κ2) is 14.5. The topological polar surface area (TPSA) is 17.8 Å². The number of imidazole rings is 1. The molecule has 0 aliphatic rings. The lowest BCUT2D eigenvalue weighted by Crippen LogP contribution is -2.07. The number of aromatic nitrogens is 2. The van der Waals surface area contributed by atoms with Crippen LogP contribution < -0.4 is 0 Å². The lowest BCUT2D eigenvalue weighted by molar-refractivity contribution is 0.498. The van der Waals surface area contributed by atoms with E-state index in [0.29, 0.717) is 5.92 Å². The Kier molecular flexibility index (Phi) is 12.9. The van der Waals surface area contributed by atoms with E-state index < -0.39 is 0 Å². The summed E-state index contributed by atoms with van der Waals surface area (Å²) in [5.41, 5.74) is 0. The van der Waals surface area contributed by atoms with Crippen LogP contribution in [0.2, 0.25) is 0 Å². The van der Waals surface area contributed by atoms with Gasteiger partial charge in [-0.3, -0.25) is 0 Å². The number of rotatable bonds is 16. The molecule has 1 heterocycles. The summed E-state index contributed by atoms with van der Waals surface area (Å²) in [4.78, 5) is 4.53. The summed E-state index contributed by atoms with van der Waals surface area (Å²) < 4.78 is 2.34. The molecule has 1 aromatic heterocycles. The highest BCUT2D eigenvalue weighted by Gasteiger charge is 2.04. The van der Waals surface area contributed by atoms with Crippen molar-refractivity contribution in [2.45, 2.75) is 117 Å². The molecule has 0 radical (unpaired) electrons. The van der Waals surface area contributed by atoms with Crippen LogP contribution in [0, 0.1) is 5.92 Å². The molecule has 140 valence electrons.